The van der Waals surface area contributed by atoms with Crippen molar-refractivity contribution < 1.29 is 18.7 Å². The smallest absolute Gasteiger partial charge is 0.251 e. The molecule has 3 aromatic rings. The summed E-state index contributed by atoms with van der Waals surface area (Å²) < 4.78 is 15.8. The minimum absolute atomic E-state index is 0.190. The van der Waals surface area contributed by atoms with E-state index in [2.05, 4.69) is 15.6 Å². The van der Waals surface area contributed by atoms with E-state index in [4.69, 9.17) is 19.6 Å². The lowest BCUT2D eigenvalue weighted by molar-refractivity contribution is 0.0948. The third-order valence-corrected chi connectivity index (χ3v) is 4.29. The molecule has 0 fully saturated rings. The molecule has 0 radical (unpaired) electrons. The number of benzene rings is 2. The average Bonchev–Trinajstić information content (AvgIpc) is 3.30. The Morgan fingerprint density at radius 1 is 1.10 bits per heavy atom. The standard InChI is InChI=1S/C22H24N4O4/c1-28-17-8-9-20(29-2)19(12-17)26-22(23)25-13-15-5-3-6-16(11-15)21(27)24-14-18-7-4-10-30-18/h3-12H,13-14H2,1-2H3,(H,24,27)(H3,23,25,26). The van der Waals surface area contributed by atoms with Crippen LogP contribution in [0.1, 0.15) is 21.7 Å². The number of hydrogen-bond acceptors (Lipinski definition) is 5. The number of guanidine groups is 1. The lowest BCUT2D eigenvalue weighted by Gasteiger charge is -2.12. The number of carbonyl (C=O) groups is 1. The second-order valence-corrected chi connectivity index (χ2v) is 6.36. The highest BCUT2D eigenvalue weighted by molar-refractivity contribution is 5.95. The molecule has 1 amide bonds. The number of rotatable bonds is 8. The lowest BCUT2D eigenvalue weighted by Crippen LogP contribution is -2.23. The molecule has 2 aromatic carbocycles. The quantitative estimate of drug-likeness (QED) is 0.390. The van der Waals surface area contributed by atoms with Gasteiger partial charge in [0.2, 0.25) is 0 Å². The van der Waals surface area contributed by atoms with Crippen molar-refractivity contribution >= 4 is 17.6 Å². The summed E-state index contributed by atoms with van der Waals surface area (Å²) in [5, 5.41) is 5.83. The first-order valence-corrected chi connectivity index (χ1v) is 9.27. The largest absolute Gasteiger partial charge is 0.497 e. The first-order valence-electron chi connectivity index (χ1n) is 9.27. The SMILES string of the molecule is COc1ccc(OC)c(NC(N)=NCc2cccc(C(=O)NCc3ccco3)c2)c1. The normalized spacial score (nSPS) is 11.1. The topological polar surface area (TPSA) is 111 Å². The molecule has 0 saturated carbocycles. The van der Waals surface area contributed by atoms with E-state index in [1.807, 2.05) is 6.07 Å². The molecule has 0 atom stereocenters. The molecule has 30 heavy (non-hydrogen) atoms. The Balaban J connectivity index is 1.63. The predicted molar refractivity (Wildman–Crippen MR) is 115 cm³/mol. The van der Waals surface area contributed by atoms with Crippen LogP contribution < -0.4 is 25.8 Å². The van der Waals surface area contributed by atoms with Gasteiger partial charge in [0, 0.05) is 11.6 Å². The van der Waals surface area contributed by atoms with Crippen LogP contribution in [0.15, 0.2) is 70.3 Å². The van der Waals surface area contributed by atoms with Crippen LogP contribution in [0.25, 0.3) is 0 Å². The van der Waals surface area contributed by atoms with Gasteiger partial charge in [-0.2, -0.15) is 0 Å². The zero-order valence-corrected chi connectivity index (χ0v) is 16.8. The number of nitrogens with one attached hydrogen (secondary N) is 2. The second kappa shape index (κ2) is 10.0. The Kier molecular flexibility index (Phi) is 6.94. The Labute approximate surface area is 174 Å². The number of aliphatic imine (C=N–C) groups is 1. The molecule has 0 aliphatic carbocycles. The van der Waals surface area contributed by atoms with Crippen LogP contribution >= 0.6 is 0 Å². The number of methoxy groups -OCH3 is 2. The number of ether oxygens (including phenoxy) is 2. The van der Waals surface area contributed by atoms with Crippen LogP contribution in [0.2, 0.25) is 0 Å². The van der Waals surface area contributed by atoms with E-state index in [9.17, 15) is 4.79 Å². The highest BCUT2D eigenvalue weighted by Gasteiger charge is 2.08. The number of hydrogen-bond donors (Lipinski definition) is 3. The maximum absolute atomic E-state index is 12.4. The fourth-order valence-electron chi connectivity index (χ4n) is 2.76. The Bertz CT molecular complexity index is 1020. The van der Waals surface area contributed by atoms with Crippen LogP contribution in [-0.4, -0.2) is 26.1 Å². The monoisotopic (exact) mass is 408 g/mol. The van der Waals surface area contributed by atoms with Crippen LogP contribution in [0.4, 0.5) is 5.69 Å². The molecular formula is C22H24N4O4. The van der Waals surface area contributed by atoms with Gasteiger partial charge in [-0.1, -0.05) is 12.1 Å². The average molecular weight is 408 g/mol. The van der Waals surface area contributed by atoms with Crippen molar-refractivity contribution in [2.24, 2.45) is 10.7 Å². The van der Waals surface area contributed by atoms with Gasteiger partial charge in [-0.05, 0) is 42.0 Å². The number of amides is 1. The third-order valence-electron chi connectivity index (χ3n) is 4.29. The van der Waals surface area contributed by atoms with Gasteiger partial charge in [0.1, 0.15) is 17.3 Å². The Morgan fingerprint density at radius 3 is 2.70 bits per heavy atom. The Hall–Kier alpha value is -3.94. The van der Waals surface area contributed by atoms with Crippen molar-refractivity contribution in [3.8, 4) is 11.5 Å². The molecule has 156 valence electrons. The van der Waals surface area contributed by atoms with E-state index in [0.29, 0.717) is 41.6 Å². The van der Waals surface area contributed by atoms with E-state index < -0.39 is 0 Å². The Morgan fingerprint density at radius 2 is 1.97 bits per heavy atom. The van der Waals surface area contributed by atoms with E-state index in [0.717, 1.165) is 5.56 Å². The maximum atomic E-state index is 12.4. The molecule has 1 aromatic heterocycles. The maximum Gasteiger partial charge on any atom is 0.251 e. The summed E-state index contributed by atoms with van der Waals surface area (Å²) in [6.45, 7) is 0.637. The zero-order chi connectivity index (χ0) is 21.3. The molecule has 3 rings (SSSR count). The van der Waals surface area contributed by atoms with Crippen molar-refractivity contribution in [1.29, 1.82) is 0 Å². The van der Waals surface area contributed by atoms with Gasteiger partial charge < -0.3 is 30.3 Å². The lowest BCUT2D eigenvalue weighted by atomic mass is 10.1. The number of nitrogens with two attached hydrogens (primary N) is 1. The molecule has 1 heterocycles. The summed E-state index contributed by atoms with van der Waals surface area (Å²) in [6, 6.07) is 16.1. The first kappa shape index (κ1) is 20.8. The van der Waals surface area contributed by atoms with E-state index in [1.165, 1.54) is 0 Å². The van der Waals surface area contributed by atoms with Crippen LogP contribution in [0.5, 0.6) is 11.5 Å². The minimum atomic E-state index is -0.190. The van der Waals surface area contributed by atoms with E-state index in [-0.39, 0.29) is 11.9 Å². The molecule has 0 aliphatic heterocycles. The molecule has 0 aliphatic rings. The zero-order valence-electron chi connectivity index (χ0n) is 16.8. The summed E-state index contributed by atoms with van der Waals surface area (Å²) in [6.07, 6.45) is 1.57. The van der Waals surface area contributed by atoms with Gasteiger partial charge in [-0.15, -0.1) is 0 Å². The summed E-state index contributed by atoms with van der Waals surface area (Å²) in [4.78, 5) is 16.7. The summed E-state index contributed by atoms with van der Waals surface area (Å²) in [7, 11) is 3.16. The van der Waals surface area contributed by atoms with Gasteiger partial charge in [0.25, 0.3) is 5.91 Å². The summed E-state index contributed by atoms with van der Waals surface area (Å²) in [5.74, 6) is 2.00. The van der Waals surface area contributed by atoms with Crippen LogP contribution in [0, 0.1) is 0 Å². The molecule has 0 unspecified atom stereocenters. The highest BCUT2D eigenvalue weighted by Crippen LogP contribution is 2.28. The van der Waals surface area contributed by atoms with Crippen molar-refractivity contribution in [2.45, 2.75) is 13.1 Å². The van der Waals surface area contributed by atoms with Crippen molar-refractivity contribution in [1.82, 2.24) is 5.32 Å². The number of anilines is 1. The van der Waals surface area contributed by atoms with Gasteiger partial charge in [0.05, 0.1) is 39.3 Å². The van der Waals surface area contributed by atoms with E-state index >= 15 is 0 Å². The number of carbonyl (C=O) groups excluding carboxylic acids is 1. The molecule has 0 spiro atoms. The first-order chi connectivity index (χ1) is 14.6. The number of nitrogens with zero attached hydrogens (tertiary/aromatic N) is 1. The second-order valence-electron chi connectivity index (χ2n) is 6.36. The number of furan rings is 1. The predicted octanol–water partition coefficient (Wildman–Crippen LogP) is 3.15. The molecule has 8 nitrogen and oxygen atoms in total. The summed E-state index contributed by atoms with van der Waals surface area (Å²) >= 11 is 0. The molecule has 0 bridgehead atoms. The van der Waals surface area contributed by atoms with Crippen molar-refractivity contribution in [3.05, 3.63) is 77.7 Å². The van der Waals surface area contributed by atoms with Crippen LogP contribution in [0.3, 0.4) is 0 Å². The van der Waals surface area contributed by atoms with Crippen molar-refractivity contribution in [3.63, 3.8) is 0 Å². The molecule has 4 N–H and O–H groups in total. The minimum Gasteiger partial charge on any atom is -0.497 e. The van der Waals surface area contributed by atoms with Crippen LogP contribution in [-0.2, 0) is 13.1 Å². The summed E-state index contributed by atoms with van der Waals surface area (Å²) in [5.41, 5.74) is 8.05. The van der Waals surface area contributed by atoms with Gasteiger partial charge in [-0.25, -0.2) is 4.99 Å². The fourth-order valence-corrected chi connectivity index (χ4v) is 2.76. The van der Waals surface area contributed by atoms with Gasteiger partial charge in [-0.3, -0.25) is 4.79 Å². The highest BCUT2D eigenvalue weighted by atomic mass is 16.5. The van der Waals surface area contributed by atoms with E-state index in [1.54, 1.807) is 69.0 Å². The molecular weight excluding hydrogens is 384 g/mol. The van der Waals surface area contributed by atoms with Gasteiger partial charge >= 0.3 is 0 Å². The third kappa shape index (κ3) is 5.54. The fraction of sp³-hybridized carbons (Fsp3) is 0.182. The molecule has 0 saturated heterocycles. The molecule has 8 heteroatoms. The van der Waals surface area contributed by atoms with Gasteiger partial charge in [0.15, 0.2) is 5.96 Å². The van der Waals surface area contributed by atoms with Crippen molar-refractivity contribution in [2.75, 3.05) is 19.5 Å².